The molecule has 3 aromatic rings. The average Bonchev–Trinajstić information content (AvgIpc) is 3.00. The van der Waals surface area contributed by atoms with Crippen LogP contribution in [0, 0.1) is 6.92 Å². The molecule has 1 fully saturated rings. The summed E-state index contributed by atoms with van der Waals surface area (Å²) >= 11 is 0. The average molecular weight is 337 g/mol. The van der Waals surface area contributed by atoms with Crippen LogP contribution in [0.1, 0.15) is 34.8 Å². The van der Waals surface area contributed by atoms with E-state index in [0.717, 1.165) is 10.9 Å². The largest absolute Gasteiger partial charge is 0.451 e. The molecule has 0 saturated carbocycles. The van der Waals surface area contributed by atoms with Gasteiger partial charge < -0.3 is 14.5 Å². The highest BCUT2D eigenvalue weighted by Crippen LogP contribution is 2.31. The lowest BCUT2D eigenvalue weighted by Gasteiger charge is -2.36. The first kappa shape index (κ1) is 15.8. The Morgan fingerprint density at radius 2 is 1.84 bits per heavy atom. The number of aryl methyl sites for hydroxylation is 1. The summed E-state index contributed by atoms with van der Waals surface area (Å²) in [6.07, 6.45) is 4.64. The van der Waals surface area contributed by atoms with Crippen LogP contribution in [0.4, 0.5) is 0 Å². The molecule has 6 heteroatoms. The SMILES string of the molecule is Cc1c(C(=O)NC2(c3ncccn3)CCOCC2)oc2ccccc12. The van der Waals surface area contributed by atoms with Crippen molar-refractivity contribution < 1.29 is 13.9 Å². The Labute approximate surface area is 145 Å². The van der Waals surface area contributed by atoms with Crippen LogP contribution in [0.15, 0.2) is 47.1 Å². The van der Waals surface area contributed by atoms with E-state index < -0.39 is 5.54 Å². The highest BCUT2D eigenvalue weighted by Gasteiger charge is 2.39. The summed E-state index contributed by atoms with van der Waals surface area (Å²) in [6, 6.07) is 9.41. The van der Waals surface area contributed by atoms with E-state index in [-0.39, 0.29) is 5.91 Å². The zero-order chi connectivity index (χ0) is 17.3. The fourth-order valence-corrected chi connectivity index (χ4v) is 3.34. The molecule has 0 spiro atoms. The molecule has 0 bridgehead atoms. The Bertz CT molecular complexity index is 899. The number of para-hydroxylation sites is 1. The van der Waals surface area contributed by atoms with E-state index in [0.29, 0.717) is 43.2 Å². The van der Waals surface area contributed by atoms with E-state index in [1.807, 2.05) is 31.2 Å². The molecule has 6 nitrogen and oxygen atoms in total. The fraction of sp³-hybridized carbons (Fsp3) is 0.316. The van der Waals surface area contributed by atoms with Crippen LogP contribution in [0.2, 0.25) is 0 Å². The van der Waals surface area contributed by atoms with Gasteiger partial charge in [0.05, 0.1) is 0 Å². The molecule has 1 N–H and O–H groups in total. The number of benzene rings is 1. The summed E-state index contributed by atoms with van der Waals surface area (Å²) in [5.41, 5.74) is 0.911. The molecule has 1 aromatic carbocycles. The number of fused-ring (bicyclic) bond motifs is 1. The van der Waals surface area contributed by atoms with Gasteiger partial charge in [-0.2, -0.15) is 0 Å². The number of nitrogens with zero attached hydrogens (tertiary/aromatic N) is 2. The van der Waals surface area contributed by atoms with Gasteiger partial charge in [0.1, 0.15) is 11.1 Å². The fourth-order valence-electron chi connectivity index (χ4n) is 3.34. The van der Waals surface area contributed by atoms with Crippen LogP contribution in [0.25, 0.3) is 11.0 Å². The number of hydrogen-bond acceptors (Lipinski definition) is 5. The summed E-state index contributed by atoms with van der Waals surface area (Å²) in [5, 5.41) is 4.08. The first-order valence-corrected chi connectivity index (χ1v) is 8.35. The predicted molar refractivity (Wildman–Crippen MR) is 92.2 cm³/mol. The van der Waals surface area contributed by atoms with E-state index in [1.165, 1.54) is 0 Å². The topological polar surface area (TPSA) is 77.2 Å². The van der Waals surface area contributed by atoms with Crippen molar-refractivity contribution in [1.82, 2.24) is 15.3 Å². The quantitative estimate of drug-likeness (QED) is 0.795. The minimum absolute atomic E-state index is 0.247. The van der Waals surface area contributed by atoms with Crippen LogP contribution in [-0.4, -0.2) is 29.1 Å². The van der Waals surface area contributed by atoms with Crippen molar-refractivity contribution >= 4 is 16.9 Å². The van der Waals surface area contributed by atoms with Crippen molar-refractivity contribution in [3.05, 3.63) is 59.9 Å². The van der Waals surface area contributed by atoms with Crippen molar-refractivity contribution in [1.29, 1.82) is 0 Å². The molecule has 0 atom stereocenters. The standard InChI is InChI=1S/C19H19N3O3/c1-13-14-5-2-3-6-15(14)25-16(13)17(23)22-19(7-11-24-12-8-19)18-20-9-4-10-21-18/h2-6,9-10H,7-8,11-12H2,1H3,(H,22,23). The Hall–Kier alpha value is -2.73. The van der Waals surface area contributed by atoms with E-state index in [2.05, 4.69) is 15.3 Å². The molecule has 0 aliphatic carbocycles. The zero-order valence-corrected chi connectivity index (χ0v) is 14.0. The van der Waals surface area contributed by atoms with Crippen LogP contribution < -0.4 is 5.32 Å². The van der Waals surface area contributed by atoms with Crippen molar-refractivity contribution in [2.45, 2.75) is 25.3 Å². The van der Waals surface area contributed by atoms with E-state index >= 15 is 0 Å². The van der Waals surface area contributed by atoms with Gasteiger partial charge in [0.15, 0.2) is 11.6 Å². The summed E-state index contributed by atoms with van der Waals surface area (Å²) in [6.45, 7) is 3.01. The lowest BCUT2D eigenvalue weighted by atomic mass is 9.88. The highest BCUT2D eigenvalue weighted by molar-refractivity contribution is 5.99. The van der Waals surface area contributed by atoms with Gasteiger partial charge in [-0.05, 0) is 19.1 Å². The summed E-state index contributed by atoms with van der Waals surface area (Å²) < 4.78 is 11.3. The molecule has 1 aliphatic rings. The molecule has 1 saturated heterocycles. The maximum atomic E-state index is 13.0. The molecule has 0 unspecified atom stereocenters. The molecule has 1 amide bonds. The Morgan fingerprint density at radius 3 is 2.56 bits per heavy atom. The number of nitrogens with one attached hydrogen (secondary N) is 1. The number of rotatable bonds is 3. The van der Waals surface area contributed by atoms with Crippen LogP contribution >= 0.6 is 0 Å². The highest BCUT2D eigenvalue weighted by atomic mass is 16.5. The van der Waals surface area contributed by atoms with Crippen LogP contribution in [0.3, 0.4) is 0 Å². The van der Waals surface area contributed by atoms with E-state index in [1.54, 1.807) is 18.5 Å². The maximum Gasteiger partial charge on any atom is 0.288 e. The van der Waals surface area contributed by atoms with Gasteiger partial charge in [0, 0.05) is 49.4 Å². The number of carbonyl (C=O) groups excluding carboxylic acids is 1. The summed E-state index contributed by atoms with van der Waals surface area (Å²) in [5.74, 6) is 0.700. The molecular weight excluding hydrogens is 318 g/mol. The monoisotopic (exact) mass is 337 g/mol. The molecule has 128 valence electrons. The molecule has 25 heavy (non-hydrogen) atoms. The van der Waals surface area contributed by atoms with Crippen LogP contribution in [0.5, 0.6) is 0 Å². The smallest absolute Gasteiger partial charge is 0.288 e. The maximum absolute atomic E-state index is 13.0. The Kier molecular flexibility index (Phi) is 3.97. The van der Waals surface area contributed by atoms with Crippen molar-refractivity contribution in [2.24, 2.45) is 0 Å². The molecule has 4 rings (SSSR count). The lowest BCUT2D eigenvalue weighted by molar-refractivity contribution is 0.0306. The van der Waals surface area contributed by atoms with Gasteiger partial charge in [-0.25, -0.2) is 9.97 Å². The van der Waals surface area contributed by atoms with E-state index in [4.69, 9.17) is 9.15 Å². The number of furan rings is 1. The second-order valence-corrected chi connectivity index (χ2v) is 6.27. The lowest BCUT2D eigenvalue weighted by Crippen LogP contribution is -2.50. The molecular formula is C19H19N3O3. The minimum atomic E-state index is -0.637. The molecule has 2 aromatic heterocycles. The number of amides is 1. The molecule has 0 radical (unpaired) electrons. The first-order valence-electron chi connectivity index (χ1n) is 8.35. The number of hydrogen-bond donors (Lipinski definition) is 1. The van der Waals surface area contributed by atoms with Gasteiger partial charge in [-0.3, -0.25) is 4.79 Å². The number of carbonyl (C=O) groups is 1. The third-order valence-corrected chi connectivity index (χ3v) is 4.74. The second kappa shape index (κ2) is 6.29. The molecule has 3 heterocycles. The third-order valence-electron chi connectivity index (χ3n) is 4.74. The third kappa shape index (κ3) is 2.78. The number of ether oxygens (including phenoxy) is 1. The van der Waals surface area contributed by atoms with Gasteiger partial charge >= 0.3 is 0 Å². The summed E-state index contributed by atoms with van der Waals surface area (Å²) in [4.78, 5) is 21.7. The number of aromatic nitrogens is 2. The van der Waals surface area contributed by atoms with Gasteiger partial charge in [0.25, 0.3) is 5.91 Å². The predicted octanol–water partition coefficient (Wildman–Crippen LogP) is 2.97. The van der Waals surface area contributed by atoms with Gasteiger partial charge in [-0.1, -0.05) is 18.2 Å². The van der Waals surface area contributed by atoms with Crippen molar-refractivity contribution in [3.63, 3.8) is 0 Å². The van der Waals surface area contributed by atoms with Crippen molar-refractivity contribution in [3.8, 4) is 0 Å². The van der Waals surface area contributed by atoms with E-state index in [9.17, 15) is 4.79 Å². The zero-order valence-electron chi connectivity index (χ0n) is 14.0. The minimum Gasteiger partial charge on any atom is -0.451 e. The van der Waals surface area contributed by atoms with Crippen molar-refractivity contribution in [2.75, 3.05) is 13.2 Å². The summed E-state index contributed by atoms with van der Waals surface area (Å²) in [7, 11) is 0. The molecule has 1 aliphatic heterocycles. The normalized spacial score (nSPS) is 16.7. The second-order valence-electron chi connectivity index (χ2n) is 6.27. The van der Waals surface area contributed by atoms with Crippen LogP contribution in [-0.2, 0) is 10.3 Å². The Morgan fingerprint density at radius 1 is 1.12 bits per heavy atom. The van der Waals surface area contributed by atoms with Gasteiger partial charge in [0.2, 0.25) is 0 Å². The first-order chi connectivity index (χ1) is 12.2. The van der Waals surface area contributed by atoms with Gasteiger partial charge in [-0.15, -0.1) is 0 Å². The Balaban J connectivity index is 1.70.